The lowest BCUT2D eigenvalue weighted by Crippen LogP contribution is -2.69. The Labute approximate surface area is 208 Å². The van der Waals surface area contributed by atoms with Crippen LogP contribution >= 0.6 is 0 Å². The number of hydrogen-bond acceptors (Lipinski definition) is 6. The number of nitrogens with two attached hydrogens (primary N) is 2. The molecule has 11 heteroatoms. The number of nitrogens with one attached hydrogen (secondary N) is 2. The van der Waals surface area contributed by atoms with Crippen molar-refractivity contribution < 1.29 is 32.7 Å². The highest BCUT2D eigenvalue weighted by molar-refractivity contribution is 6.12. The van der Waals surface area contributed by atoms with Crippen LogP contribution in [0, 0.1) is 0 Å². The van der Waals surface area contributed by atoms with Crippen molar-refractivity contribution in [1.82, 2.24) is 10.6 Å². The van der Waals surface area contributed by atoms with Crippen molar-refractivity contribution in [3.05, 3.63) is 71.8 Å². The summed E-state index contributed by atoms with van der Waals surface area (Å²) in [5, 5.41) is 13.0. The molecule has 2 atom stereocenters. The van der Waals surface area contributed by atoms with Gasteiger partial charge in [0.2, 0.25) is 5.91 Å². The van der Waals surface area contributed by atoms with Crippen molar-refractivity contribution >= 4 is 17.7 Å². The second-order valence-electron chi connectivity index (χ2n) is 8.14. The van der Waals surface area contributed by atoms with Gasteiger partial charge in [0.25, 0.3) is 0 Å². The molecule has 0 heterocycles. The van der Waals surface area contributed by atoms with Gasteiger partial charge in [-0.15, -0.1) is 0 Å². The summed E-state index contributed by atoms with van der Waals surface area (Å²) >= 11 is 0. The number of alkyl halides is 3. The predicted octanol–water partition coefficient (Wildman–Crippen LogP) is 1.81. The van der Waals surface area contributed by atoms with Gasteiger partial charge < -0.3 is 27.2 Å². The zero-order valence-electron chi connectivity index (χ0n) is 20.1. The van der Waals surface area contributed by atoms with Gasteiger partial charge in [-0.25, -0.2) is 4.79 Å². The van der Waals surface area contributed by atoms with E-state index in [1.807, 2.05) is 60.7 Å². The largest absolute Gasteiger partial charge is 0.490 e. The highest BCUT2D eigenvalue weighted by Gasteiger charge is 2.44. The number of carbonyl (C=O) groups excluding carboxylic acids is 2. The monoisotopic (exact) mass is 510 g/mol. The normalized spacial score (nSPS) is 13.5. The second kappa shape index (κ2) is 15.0. The van der Waals surface area contributed by atoms with Gasteiger partial charge in [-0.05, 0) is 43.9 Å². The summed E-state index contributed by atoms with van der Waals surface area (Å²) in [4.78, 5) is 34.2. The number of aryl methyl sites for hydroxylation is 1. The molecule has 36 heavy (non-hydrogen) atoms. The SMILES string of the molecule is CC(N)C(N)(C(=O)CNCCc1ccccc1)C(=O)NCCCc1ccccc1.O=C(O)C(F)(F)F. The van der Waals surface area contributed by atoms with Crippen molar-refractivity contribution in [2.24, 2.45) is 11.5 Å². The molecular weight excluding hydrogens is 477 g/mol. The maximum atomic E-state index is 12.7. The maximum Gasteiger partial charge on any atom is 0.490 e. The summed E-state index contributed by atoms with van der Waals surface area (Å²) in [6, 6.07) is 19.2. The Morgan fingerprint density at radius 1 is 0.917 bits per heavy atom. The van der Waals surface area contributed by atoms with E-state index in [-0.39, 0.29) is 6.54 Å². The topological polar surface area (TPSA) is 148 Å². The highest BCUT2D eigenvalue weighted by Crippen LogP contribution is 2.13. The van der Waals surface area contributed by atoms with Crippen LogP contribution in [0.15, 0.2) is 60.7 Å². The van der Waals surface area contributed by atoms with Crippen molar-refractivity contribution in [2.75, 3.05) is 19.6 Å². The zero-order valence-corrected chi connectivity index (χ0v) is 20.1. The molecule has 0 saturated heterocycles. The van der Waals surface area contributed by atoms with Gasteiger partial charge >= 0.3 is 12.1 Å². The lowest BCUT2D eigenvalue weighted by molar-refractivity contribution is -0.192. The molecule has 0 aromatic heterocycles. The molecule has 0 aliphatic heterocycles. The van der Waals surface area contributed by atoms with Crippen molar-refractivity contribution in [3.63, 3.8) is 0 Å². The van der Waals surface area contributed by atoms with E-state index in [4.69, 9.17) is 21.4 Å². The number of rotatable bonds is 12. The van der Waals surface area contributed by atoms with E-state index >= 15 is 0 Å². The summed E-state index contributed by atoms with van der Waals surface area (Å²) in [6.45, 7) is 2.64. The Bertz CT molecular complexity index is 895. The van der Waals surface area contributed by atoms with Gasteiger partial charge in [-0.3, -0.25) is 9.59 Å². The lowest BCUT2D eigenvalue weighted by atomic mass is 9.86. The Balaban J connectivity index is 0.000000809. The average Bonchev–Trinajstić information content (AvgIpc) is 2.84. The Hall–Kier alpha value is -3.28. The number of carbonyl (C=O) groups is 3. The van der Waals surface area contributed by atoms with E-state index in [1.54, 1.807) is 6.92 Å². The fourth-order valence-electron chi connectivity index (χ4n) is 3.10. The molecule has 1 amide bonds. The second-order valence-corrected chi connectivity index (χ2v) is 8.14. The summed E-state index contributed by atoms with van der Waals surface area (Å²) in [5.41, 5.74) is 12.7. The van der Waals surface area contributed by atoms with Crippen molar-refractivity contribution in [1.29, 1.82) is 0 Å². The molecule has 0 fully saturated rings. The van der Waals surface area contributed by atoms with E-state index in [9.17, 15) is 22.8 Å². The third-order valence-electron chi connectivity index (χ3n) is 5.29. The summed E-state index contributed by atoms with van der Waals surface area (Å²) in [6.07, 6.45) is -2.70. The van der Waals surface area contributed by atoms with Crippen LogP contribution < -0.4 is 22.1 Å². The van der Waals surface area contributed by atoms with E-state index in [2.05, 4.69) is 10.6 Å². The molecule has 0 spiro atoms. The number of amides is 1. The minimum atomic E-state index is -5.08. The van der Waals surface area contributed by atoms with Gasteiger partial charge in [0.1, 0.15) is 0 Å². The Kier molecular flexibility index (Phi) is 12.8. The molecule has 0 aliphatic rings. The number of aliphatic carboxylic acids is 1. The quantitative estimate of drug-likeness (QED) is 0.216. The number of carboxylic acid groups (broad SMARTS) is 1. The van der Waals surface area contributed by atoms with Crippen LogP contribution in [0.5, 0.6) is 0 Å². The first-order chi connectivity index (χ1) is 16.9. The third kappa shape index (κ3) is 10.5. The molecule has 2 aromatic carbocycles. The first kappa shape index (κ1) is 30.8. The molecule has 8 nitrogen and oxygen atoms in total. The predicted molar refractivity (Wildman–Crippen MR) is 130 cm³/mol. The van der Waals surface area contributed by atoms with Gasteiger partial charge in [-0.2, -0.15) is 13.2 Å². The molecule has 0 bridgehead atoms. The average molecular weight is 511 g/mol. The van der Waals surface area contributed by atoms with Crippen LogP contribution in [0.2, 0.25) is 0 Å². The first-order valence-electron chi connectivity index (χ1n) is 11.3. The van der Waals surface area contributed by atoms with Crippen LogP contribution in [0.4, 0.5) is 13.2 Å². The number of benzene rings is 2. The molecule has 0 aliphatic carbocycles. The van der Waals surface area contributed by atoms with Crippen LogP contribution in [0.25, 0.3) is 0 Å². The summed E-state index contributed by atoms with van der Waals surface area (Å²) in [7, 11) is 0. The van der Waals surface area contributed by atoms with E-state index in [1.165, 1.54) is 11.1 Å². The van der Waals surface area contributed by atoms with Gasteiger partial charge in [0, 0.05) is 12.6 Å². The molecule has 2 rings (SSSR count). The molecule has 0 radical (unpaired) electrons. The minimum Gasteiger partial charge on any atom is -0.475 e. The van der Waals surface area contributed by atoms with Crippen molar-refractivity contribution in [3.8, 4) is 0 Å². The fourth-order valence-corrected chi connectivity index (χ4v) is 3.10. The van der Waals surface area contributed by atoms with E-state index in [0.717, 1.165) is 19.3 Å². The molecular formula is C25H33F3N4O4. The zero-order chi connectivity index (χ0) is 27.2. The summed E-state index contributed by atoms with van der Waals surface area (Å²) in [5.74, 6) is -3.68. The standard InChI is InChI=1S/C23H32N4O2.C2HF3O2/c1-18(24)23(25,21(28)17-26-16-14-20-11-6-3-7-12-20)22(29)27-15-8-13-19-9-4-2-5-10-19;3-2(4,5)1(6)7/h2-7,9-12,18,26H,8,13-17,24-25H2,1H3,(H,27,29);(H,6,7). The van der Waals surface area contributed by atoms with E-state index < -0.39 is 35.4 Å². The molecule has 2 aromatic rings. The highest BCUT2D eigenvalue weighted by atomic mass is 19.4. The summed E-state index contributed by atoms with van der Waals surface area (Å²) < 4.78 is 31.7. The molecule has 7 N–H and O–H groups in total. The van der Waals surface area contributed by atoms with E-state index in [0.29, 0.717) is 13.1 Å². The van der Waals surface area contributed by atoms with Crippen molar-refractivity contribution in [2.45, 2.75) is 43.9 Å². The maximum absolute atomic E-state index is 12.7. The molecule has 198 valence electrons. The van der Waals surface area contributed by atoms with Crippen LogP contribution in [0.1, 0.15) is 24.5 Å². The molecule has 0 saturated carbocycles. The third-order valence-corrected chi connectivity index (χ3v) is 5.29. The number of hydrogen-bond donors (Lipinski definition) is 5. The van der Waals surface area contributed by atoms with Crippen LogP contribution in [0.3, 0.4) is 0 Å². The Morgan fingerprint density at radius 2 is 1.39 bits per heavy atom. The van der Waals surface area contributed by atoms with Crippen LogP contribution in [-0.4, -0.2) is 60.2 Å². The number of carboxylic acids is 1. The lowest BCUT2D eigenvalue weighted by Gasteiger charge is -2.30. The van der Waals surface area contributed by atoms with Gasteiger partial charge in [0.05, 0.1) is 6.54 Å². The smallest absolute Gasteiger partial charge is 0.475 e. The first-order valence-corrected chi connectivity index (χ1v) is 11.3. The number of ketones is 1. The minimum absolute atomic E-state index is 0.00229. The number of halogens is 3. The number of Topliss-reactive ketones (excluding diaryl/α,β-unsaturated/α-hetero) is 1. The van der Waals surface area contributed by atoms with Gasteiger partial charge in [-0.1, -0.05) is 60.7 Å². The Morgan fingerprint density at radius 3 is 1.83 bits per heavy atom. The van der Waals surface area contributed by atoms with Gasteiger partial charge in [0.15, 0.2) is 11.3 Å². The van der Waals surface area contributed by atoms with Crippen LogP contribution in [-0.2, 0) is 27.2 Å². The fraction of sp³-hybridized carbons (Fsp3) is 0.400. The molecule has 2 unspecified atom stereocenters.